The number of carbonyl (C=O) groups is 1. The monoisotopic (exact) mass is 376 g/mol. The number of carbonyl (C=O) groups excluding carboxylic acids is 1. The van der Waals surface area contributed by atoms with Gasteiger partial charge in [0, 0.05) is 12.1 Å². The van der Waals surface area contributed by atoms with Crippen LogP contribution in [0.25, 0.3) is 0 Å². The molecule has 1 amide bonds. The van der Waals surface area contributed by atoms with Crippen LogP contribution in [0.15, 0.2) is 16.8 Å². The minimum Gasteiger partial charge on any atom is -0.473 e. The van der Waals surface area contributed by atoms with Crippen molar-refractivity contribution in [3.63, 3.8) is 0 Å². The zero-order valence-corrected chi connectivity index (χ0v) is 15.2. The van der Waals surface area contributed by atoms with Gasteiger partial charge in [0.1, 0.15) is 11.1 Å². The summed E-state index contributed by atoms with van der Waals surface area (Å²) in [4.78, 5) is 20.8. The van der Waals surface area contributed by atoms with Crippen molar-refractivity contribution in [1.29, 1.82) is 0 Å². The molecule has 2 heterocycles. The SMILES string of the molecule is O=C(NCc1nc(C2CC2)no1)c1cnc(OC2CCCCC2)c(Cl)c1. The third kappa shape index (κ3) is 4.15. The van der Waals surface area contributed by atoms with Gasteiger partial charge < -0.3 is 14.6 Å². The summed E-state index contributed by atoms with van der Waals surface area (Å²) in [6.45, 7) is 0.177. The minimum absolute atomic E-state index is 0.159. The Morgan fingerprint density at radius 1 is 1.27 bits per heavy atom. The summed E-state index contributed by atoms with van der Waals surface area (Å²) in [5.41, 5.74) is 0.368. The largest absolute Gasteiger partial charge is 0.473 e. The van der Waals surface area contributed by atoms with E-state index in [1.165, 1.54) is 25.5 Å². The molecule has 2 aromatic heterocycles. The van der Waals surface area contributed by atoms with Crippen LogP contribution in [0.5, 0.6) is 5.88 Å². The number of aromatic nitrogens is 3. The molecule has 2 fully saturated rings. The lowest BCUT2D eigenvalue weighted by Crippen LogP contribution is -2.23. The molecule has 0 bridgehead atoms. The molecule has 0 aliphatic heterocycles. The molecule has 2 aliphatic carbocycles. The van der Waals surface area contributed by atoms with E-state index >= 15 is 0 Å². The Morgan fingerprint density at radius 2 is 2.08 bits per heavy atom. The van der Waals surface area contributed by atoms with E-state index in [-0.39, 0.29) is 18.6 Å². The number of hydrogen-bond donors (Lipinski definition) is 1. The topological polar surface area (TPSA) is 90.1 Å². The molecule has 7 nitrogen and oxygen atoms in total. The van der Waals surface area contributed by atoms with Crippen LogP contribution >= 0.6 is 11.6 Å². The molecule has 0 spiro atoms. The zero-order valence-electron chi connectivity index (χ0n) is 14.4. The molecule has 0 atom stereocenters. The lowest BCUT2D eigenvalue weighted by molar-refractivity contribution is 0.0945. The molecule has 4 rings (SSSR count). The number of amides is 1. The molecular formula is C18H21ClN4O3. The van der Waals surface area contributed by atoms with Gasteiger partial charge in [-0.2, -0.15) is 4.98 Å². The predicted molar refractivity (Wildman–Crippen MR) is 94.2 cm³/mol. The fourth-order valence-electron chi connectivity index (χ4n) is 3.08. The van der Waals surface area contributed by atoms with Crippen LogP contribution < -0.4 is 10.1 Å². The number of ether oxygens (including phenoxy) is 1. The zero-order chi connectivity index (χ0) is 17.9. The van der Waals surface area contributed by atoms with Crippen molar-refractivity contribution in [2.24, 2.45) is 0 Å². The normalized spacial score (nSPS) is 17.9. The first-order valence-corrected chi connectivity index (χ1v) is 9.50. The molecular weight excluding hydrogens is 356 g/mol. The second-order valence-corrected chi connectivity index (χ2v) is 7.30. The Bertz CT molecular complexity index is 784. The van der Waals surface area contributed by atoms with Gasteiger partial charge in [0.2, 0.25) is 11.8 Å². The third-order valence-corrected chi connectivity index (χ3v) is 5.00. The molecule has 26 heavy (non-hydrogen) atoms. The number of rotatable bonds is 6. The van der Waals surface area contributed by atoms with Crippen LogP contribution in [0, 0.1) is 0 Å². The van der Waals surface area contributed by atoms with Crippen LogP contribution in [0.1, 0.15) is 72.9 Å². The van der Waals surface area contributed by atoms with E-state index in [2.05, 4.69) is 20.4 Å². The fourth-order valence-corrected chi connectivity index (χ4v) is 3.29. The summed E-state index contributed by atoms with van der Waals surface area (Å²) in [7, 11) is 0. The van der Waals surface area contributed by atoms with Gasteiger partial charge in [-0.05, 0) is 44.6 Å². The quantitative estimate of drug-likeness (QED) is 0.827. The van der Waals surface area contributed by atoms with Gasteiger partial charge in [0.25, 0.3) is 5.91 Å². The maximum Gasteiger partial charge on any atom is 0.253 e. The summed E-state index contributed by atoms with van der Waals surface area (Å²) in [5.74, 6) is 1.64. The van der Waals surface area contributed by atoms with Crippen LogP contribution in [-0.2, 0) is 6.54 Å². The van der Waals surface area contributed by atoms with Crippen molar-refractivity contribution in [2.45, 2.75) is 63.5 Å². The third-order valence-electron chi connectivity index (χ3n) is 4.73. The van der Waals surface area contributed by atoms with Gasteiger partial charge in [0.15, 0.2) is 5.82 Å². The summed E-state index contributed by atoms with van der Waals surface area (Å²) in [5, 5.41) is 7.01. The Kier molecular flexibility index (Phi) is 5.06. The second kappa shape index (κ2) is 7.61. The Balaban J connectivity index is 1.33. The van der Waals surface area contributed by atoms with Crippen molar-refractivity contribution < 1.29 is 14.1 Å². The maximum atomic E-state index is 12.3. The van der Waals surface area contributed by atoms with E-state index in [9.17, 15) is 4.79 Å². The first kappa shape index (κ1) is 17.3. The average molecular weight is 377 g/mol. The van der Waals surface area contributed by atoms with Crippen molar-refractivity contribution in [3.8, 4) is 5.88 Å². The van der Waals surface area contributed by atoms with Crippen LogP contribution in [0.2, 0.25) is 5.02 Å². The van der Waals surface area contributed by atoms with Gasteiger partial charge in [-0.15, -0.1) is 0 Å². The Labute approximate surface area is 156 Å². The lowest BCUT2D eigenvalue weighted by Gasteiger charge is -2.22. The van der Waals surface area contributed by atoms with Crippen LogP contribution in [0.4, 0.5) is 0 Å². The van der Waals surface area contributed by atoms with E-state index in [1.807, 2.05) is 0 Å². The molecule has 0 saturated heterocycles. The van der Waals surface area contributed by atoms with E-state index in [1.54, 1.807) is 6.07 Å². The van der Waals surface area contributed by atoms with E-state index < -0.39 is 0 Å². The van der Waals surface area contributed by atoms with Crippen molar-refractivity contribution in [3.05, 3.63) is 34.6 Å². The molecule has 138 valence electrons. The smallest absolute Gasteiger partial charge is 0.253 e. The van der Waals surface area contributed by atoms with Gasteiger partial charge >= 0.3 is 0 Å². The van der Waals surface area contributed by atoms with Gasteiger partial charge in [-0.3, -0.25) is 4.79 Å². The van der Waals surface area contributed by atoms with Crippen molar-refractivity contribution in [1.82, 2.24) is 20.4 Å². The fraction of sp³-hybridized carbons (Fsp3) is 0.556. The van der Waals surface area contributed by atoms with Crippen LogP contribution in [-0.4, -0.2) is 27.1 Å². The molecule has 0 radical (unpaired) electrons. The first-order chi connectivity index (χ1) is 12.7. The summed E-state index contributed by atoms with van der Waals surface area (Å²) in [6, 6.07) is 1.57. The molecule has 0 aromatic carbocycles. The minimum atomic E-state index is -0.296. The number of hydrogen-bond acceptors (Lipinski definition) is 6. The summed E-state index contributed by atoms with van der Waals surface area (Å²) >= 11 is 6.25. The molecule has 2 saturated carbocycles. The Morgan fingerprint density at radius 3 is 2.81 bits per heavy atom. The highest BCUT2D eigenvalue weighted by atomic mass is 35.5. The average Bonchev–Trinajstić information content (AvgIpc) is 3.40. The predicted octanol–water partition coefficient (Wildman–Crippen LogP) is 3.64. The number of nitrogens with zero attached hydrogens (tertiary/aromatic N) is 3. The number of halogens is 1. The van der Waals surface area contributed by atoms with Crippen LogP contribution in [0.3, 0.4) is 0 Å². The second-order valence-electron chi connectivity index (χ2n) is 6.89. The highest BCUT2D eigenvalue weighted by Gasteiger charge is 2.28. The first-order valence-electron chi connectivity index (χ1n) is 9.12. The molecule has 0 unspecified atom stereocenters. The lowest BCUT2D eigenvalue weighted by atomic mass is 9.98. The number of pyridine rings is 1. The highest BCUT2D eigenvalue weighted by Crippen LogP contribution is 2.38. The van der Waals surface area contributed by atoms with Crippen molar-refractivity contribution in [2.75, 3.05) is 0 Å². The summed E-state index contributed by atoms with van der Waals surface area (Å²) < 4.78 is 11.0. The van der Waals surface area contributed by atoms with Gasteiger partial charge in [0.05, 0.1) is 12.1 Å². The highest BCUT2D eigenvalue weighted by molar-refractivity contribution is 6.32. The van der Waals surface area contributed by atoms with E-state index in [0.29, 0.717) is 28.3 Å². The van der Waals surface area contributed by atoms with Gasteiger partial charge in [-0.1, -0.05) is 23.2 Å². The molecule has 2 aromatic rings. The standard InChI is InChI=1S/C18H21ClN4O3/c19-14-8-12(9-21-18(14)25-13-4-2-1-3-5-13)17(24)20-10-15-22-16(23-26-15)11-6-7-11/h8-9,11,13H,1-7,10H2,(H,20,24). The molecule has 8 heteroatoms. The van der Waals surface area contributed by atoms with E-state index in [4.69, 9.17) is 20.9 Å². The Hall–Kier alpha value is -2.15. The van der Waals surface area contributed by atoms with Gasteiger partial charge in [-0.25, -0.2) is 4.98 Å². The number of nitrogens with one attached hydrogen (secondary N) is 1. The molecule has 2 aliphatic rings. The van der Waals surface area contributed by atoms with Crippen molar-refractivity contribution >= 4 is 17.5 Å². The molecule has 1 N–H and O–H groups in total. The summed E-state index contributed by atoms with van der Waals surface area (Å²) in [6.07, 6.45) is 9.47. The maximum absolute atomic E-state index is 12.3. The van der Waals surface area contributed by atoms with E-state index in [0.717, 1.165) is 31.5 Å².